The lowest BCUT2D eigenvalue weighted by atomic mass is 9.85. The summed E-state index contributed by atoms with van der Waals surface area (Å²) in [6.45, 7) is 11.7. The van der Waals surface area contributed by atoms with Gasteiger partial charge in [0.05, 0.1) is 19.1 Å². The molecule has 1 spiro atoms. The summed E-state index contributed by atoms with van der Waals surface area (Å²) < 4.78 is 12.6. The van der Waals surface area contributed by atoms with Crippen LogP contribution in [0.5, 0.6) is 0 Å². The Morgan fingerprint density at radius 1 is 1.10 bits per heavy atom. The highest BCUT2D eigenvalue weighted by atomic mass is 32.2. The number of piperidine rings is 1. The highest BCUT2D eigenvalue weighted by molar-refractivity contribution is 8.13. The molecular weight excluding hydrogens is 418 g/mol. The van der Waals surface area contributed by atoms with Crippen LogP contribution in [0.4, 0.5) is 0 Å². The maximum atomic E-state index is 12.1. The van der Waals surface area contributed by atoms with Gasteiger partial charge >= 0.3 is 0 Å². The molecule has 2 rings (SSSR count). The number of thioether (sulfide) groups is 1. The van der Waals surface area contributed by atoms with Gasteiger partial charge in [-0.15, -0.1) is 0 Å². The molecule has 2 atom stereocenters. The molecule has 2 N–H and O–H groups in total. The second-order valence-electron chi connectivity index (χ2n) is 9.13. The molecule has 31 heavy (non-hydrogen) atoms. The predicted molar refractivity (Wildman–Crippen MR) is 122 cm³/mol. The fourth-order valence-corrected chi connectivity index (χ4v) is 4.69. The third-order valence-corrected chi connectivity index (χ3v) is 6.63. The Balaban J connectivity index is 1.66. The van der Waals surface area contributed by atoms with Crippen LogP contribution < -0.4 is 10.6 Å². The Bertz CT molecular complexity index is 630. The quantitative estimate of drug-likeness (QED) is 0.359. The Labute approximate surface area is 190 Å². The van der Waals surface area contributed by atoms with Gasteiger partial charge in [-0.25, -0.2) is 0 Å². The van der Waals surface area contributed by atoms with E-state index in [2.05, 4.69) is 24.5 Å². The van der Waals surface area contributed by atoms with E-state index in [-0.39, 0.29) is 34.7 Å². The number of nitrogens with zero attached hydrogens (tertiary/aromatic N) is 1. The van der Waals surface area contributed by atoms with Crippen LogP contribution in [-0.4, -0.2) is 78.8 Å². The number of carbonyl (C=O) groups excluding carboxylic acids is 3. The van der Waals surface area contributed by atoms with Gasteiger partial charge in [-0.3, -0.25) is 19.3 Å². The average Bonchev–Trinajstić information content (AvgIpc) is 2.69. The summed E-state index contributed by atoms with van der Waals surface area (Å²) in [4.78, 5) is 36.2. The van der Waals surface area contributed by atoms with Gasteiger partial charge in [0, 0.05) is 44.1 Å². The van der Waals surface area contributed by atoms with Gasteiger partial charge < -0.3 is 20.1 Å². The second-order valence-corrected chi connectivity index (χ2v) is 10.3. The molecule has 1 unspecified atom stereocenters. The minimum atomic E-state index is -0.912. The van der Waals surface area contributed by atoms with Crippen molar-refractivity contribution in [3.8, 4) is 0 Å². The summed E-state index contributed by atoms with van der Waals surface area (Å²) in [5.74, 6) is -0.321. The van der Waals surface area contributed by atoms with E-state index >= 15 is 0 Å². The molecule has 8 nitrogen and oxygen atoms in total. The Hall–Kier alpha value is -1.00. The van der Waals surface area contributed by atoms with Crippen LogP contribution in [0, 0.1) is 5.41 Å². The molecule has 1 amide bonds. The molecule has 0 radical (unpaired) electrons. The number of amides is 1. The van der Waals surface area contributed by atoms with Crippen LogP contribution in [0.25, 0.3) is 0 Å². The zero-order chi connectivity index (χ0) is 22.9. The molecule has 0 saturated carbocycles. The van der Waals surface area contributed by atoms with Gasteiger partial charge in [-0.2, -0.15) is 0 Å². The number of rotatable bonds is 11. The van der Waals surface area contributed by atoms with Gasteiger partial charge in [-0.05, 0) is 39.3 Å². The van der Waals surface area contributed by atoms with Crippen LogP contribution in [0.3, 0.4) is 0 Å². The molecule has 2 saturated heterocycles. The van der Waals surface area contributed by atoms with Crippen molar-refractivity contribution >= 4 is 28.6 Å². The van der Waals surface area contributed by atoms with Gasteiger partial charge in [0.1, 0.15) is 5.78 Å². The Kier molecular flexibility index (Phi) is 10.4. The SMILES string of the molecule is CC(=O)CC(=O)SCCNCCCNC[C@@H]1OC2(CCCCN2C(C)=O)OCC1(C)C. The molecule has 2 aliphatic rings. The molecular formula is C22H39N3O5S. The lowest BCUT2D eigenvalue weighted by Gasteiger charge is -2.54. The first-order valence-corrected chi connectivity index (χ1v) is 12.3. The zero-order valence-electron chi connectivity index (χ0n) is 19.5. The first-order chi connectivity index (χ1) is 14.7. The minimum absolute atomic E-state index is 0.00153. The molecule has 0 aliphatic carbocycles. The summed E-state index contributed by atoms with van der Waals surface area (Å²) in [5, 5.41) is 6.75. The first kappa shape index (κ1) is 26.3. The van der Waals surface area contributed by atoms with E-state index in [1.165, 1.54) is 18.7 Å². The largest absolute Gasteiger partial charge is 0.332 e. The van der Waals surface area contributed by atoms with Crippen LogP contribution in [0.1, 0.15) is 59.8 Å². The zero-order valence-corrected chi connectivity index (χ0v) is 20.3. The molecule has 2 fully saturated rings. The van der Waals surface area contributed by atoms with Crippen molar-refractivity contribution in [3.63, 3.8) is 0 Å². The fraction of sp³-hybridized carbons (Fsp3) is 0.864. The van der Waals surface area contributed by atoms with Crippen LogP contribution in [0.2, 0.25) is 0 Å². The third kappa shape index (κ3) is 8.13. The number of carbonyl (C=O) groups is 3. The van der Waals surface area contributed by atoms with Crippen LogP contribution in [0.15, 0.2) is 0 Å². The van der Waals surface area contributed by atoms with E-state index < -0.39 is 5.91 Å². The highest BCUT2D eigenvalue weighted by Gasteiger charge is 2.51. The van der Waals surface area contributed by atoms with Crippen molar-refractivity contribution in [1.29, 1.82) is 0 Å². The van der Waals surface area contributed by atoms with Crippen LogP contribution in [-0.2, 0) is 23.9 Å². The summed E-state index contributed by atoms with van der Waals surface area (Å²) in [6.07, 6.45) is 3.63. The monoisotopic (exact) mass is 457 g/mol. The summed E-state index contributed by atoms with van der Waals surface area (Å²) in [5.41, 5.74) is -0.139. The summed E-state index contributed by atoms with van der Waals surface area (Å²) in [7, 11) is 0. The maximum Gasteiger partial charge on any atom is 0.254 e. The van der Waals surface area contributed by atoms with Crippen molar-refractivity contribution in [1.82, 2.24) is 15.5 Å². The van der Waals surface area contributed by atoms with Gasteiger partial charge in [0.2, 0.25) is 5.91 Å². The molecule has 0 bridgehead atoms. The molecule has 0 aromatic carbocycles. The standard InChI is InChI=1S/C22H39N3O5S/c1-17(26)14-20(28)31-13-11-23-9-7-10-24-15-19-21(3,4)16-29-22(30-19)8-5-6-12-25(22)18(2)27/h19,23-24H,5-16H2,1-4H3/t19-,22?/m0/s1. The van der Waals surface area contributed by atoms with E-state index in [4.69, 9.17) is 9.47 Å². The van der Waals surface area contributed by atoms with Crippen LogP contribution >= 0.6 is 11.8 Å². The molecule has 0 aromatic rings. The lowest BCUT2D eigenvalue weighted by molar-refractivity contribution is -0.386. The van der Waals surface area contributed by atoms with Crippen molar-refractivity contribution in [2.75, 3.05) is 45.1 Å². The summed E-state index contributed by atoms with van der Waals surface area (Å²) in [6, 6.07) is 0. The van der Waals surface area contributed by atoms with Crippen molar-refractivity contribution in [2.45, 2.75) is 71.8 Å². The fourth-order valence-electron chi connectivity index (χ4n) is 3.91. The number of ketones is 1. The van der Waals surface area contributed by atoms with Crippen molar-refractivity contribution in [3.05, 3.63) is 0 Å². The second kappa shape index (κ2) is 12.3. The maximum absolute atomic E-state index is 12.1. The normalized spacial score (nSPS) is 25.5. The van der Waals surface area contributed by atoms with Crippen molar-refractivity contribution < 1.29 is 23.9 Å². The highest BCUT2D eigenvalue weighted by Crippen LogP contribution is 2.41. The van der Waals surface area contributed by atoms with Gasteiger partial charge in [0.15, 0.2) is 5.12 Å². The summed E-state index contributed by atoms with van der Waals surface area (Å²) >= 11 is 1.21. The van der Waals surface area contributed by atoms with Gasteiger partial charge in [0.25, 0.3) is 5.91 Å². The minimum Gasteiger partial charge on any atom is -0.332 e. The molecule has 2 heterocycles. The van der Waals surface area contributed by atoms with E-state index in [1.54, 1.807) is 11.8 Å². The lowest BCUT2D eigenvalue weighted by Crippen LogP contribution is -2.65. The predicted octanol–water partition coefficient (Wildman–Crippen LogP) is 1.92. The number of ether oxygens (including phenoxy) is 2. The van der Waals surface area contributed by atoms with E-state index in [0.29, 0.717) is 25.4 Å². The smallest absolute Gasteiger partial charge is 0.254 e. The van der Waals surface area contributed by atoms with E-state index in [9.17, 15) is 14.4 Å². The topological polar surface area (TPSA) is 97.0 Å². The third-order valence-electron chi connectivity index (χ3n) is 5.76. The first-order valence-electron chi connectivity index (χ1n) is 11.3. The van der Waals surface area contributed by atoms with Crippen molar-refractivity contribution in [2.24, 2.45) is 5.41 Å². The number of nitrogens with one attached hydrogen (secondary N) is 2. The van der Waals surface area contributed by atoms with E-state index in [1.807, 2.05) is 0 Å². The van der Waals surface area contributed by atoms with E-state index in [0.717, 1.165) is 45.3 Å². The van der Waals surface area contributed by atoms with Gasteiger partial charge in [-0.1, -0.05) is 25.6 Å². The average molecular weight is 458 g/mol. The molecule has 2 aliphatic heterocycles. The number of hydrogen-bond donors (Lipinski definition) is 2. The molecule has 178 valence electrons. The molecule has 9 heteroatoms. The Morgan fingerprint density at radius 2 is 1.84 bits per heavy atom. The number of hydrogen-bond acceptors (Lipinski definition) is 8. The Morgan fingerprint density at radius 3 is 2.55 bits per heavy atom. The number of Topliss-reactive ketones (excluding diaryl/α,β-unsaturated/α-hetero) is 1. The molecule has 0 aromatic heterocycles. The number of likely N-dealkylation sites (tertiary alicyclic amines) is 1.